The van der Waals surface area contributed by atoms with E-state index in [1.165, 1.54) is 0 Å². The van der Waals surface area contributed by atoms with Gasteiger partial charge in [0, 0.05) is 11.1 Å². The average Bonchev–Trinajstić information content (AvgIpc) is 3.37. The number of furan rings is 1. The van der Waals surface area contributed by atoms with Crippen LogP contribution in [0.15, 0.2) is 46.4 Å². The molecule has 7 heteroatoms. The van der Waals surface area contributed by atoms with Crippen molar-refractivity contribution in [3.63, 3.8) is 0 Å². The topological polar surface area (TPSA) is 126 Å². The lowest BCUT2D eigenvalue weighted by molar-refractivity contribution is 0.0526. The fourth-order valence-corrected chi connectivity index (χ4v) is 3.94. The van der Waals surface area contributed by atoms with Gasteiger partial charge in [0.2, 0.25) is 0 Å². The van der Waals surface area contributed by atoms with Crippen LogP contribution in [0.4, 0.5) is 5.82 Å². The highest BCUT2D eigenvalue weighted by Crippen LogP contribution is 2.44. The van der Waals surface area contributed by atoms with Gasteiger partial charge < -0.3 is 14.9 Å². The molecule has 0 aliphatic heterocycles. The number of ether oxygens (including phenoxy) is 1. The molecule has 2 N–H and O–H groups in total. The van der Waals surface area contributed by atoms with Crippen LogP contribution in [-0.4, -0.2) is 17.6 Å². The van der Waals surface area contributed by atoms with Crippen LogP contribution in [-0.2, 0) is 4.74 Å². The van der Waals surface area contributed by atoms with Gasteiger partial charge in [-0.25, -0.2) is 9.78 Å². The molecule has 0 fully saturated rings. The number of nitriles is 2. The van der Waals surface area contributed by atoms with E-state index in [1.807, 2.05) is 31.2 Å². The van der Waals surface area contributed by atoms with Crippen LogP contribution in [0, 0.1) is 29.6 Å². The van der Waals surface area contributed by atoms with Crippen LogP contribution in [0.5, 0.6) is 0 Å². The molecule has 7 nitrogen and oxygen atoms in total. The van der Waals surface area contributed by atoms with Crippen LogP contribution < -0.4 is 5.73 Å². The molecule has 1 aliphatic rings. The number of allylic oxidation sites excluding steroid dienone is 3. The van der Waals surface area contributed by atoms with Gasteiger partial charge in [-0.2, -0.15) is 10.5 Å². The van der Waals surface area contributed by atoms with Crippen molar-refractivity contribution >= 4 is 29.0 Å². The molecule has 0 saturated carbocycles. The minimum atomic E-state index is -0.392. The number of hydrogen-bond acceptors (Lipinski definition) is 7. The number of nitrogens with two attached hydrogens (primary N) is 1. The summed E-state index contributed by atoms with van der Waals surface area (Å²) in [6, 6.07) is 14.9. The SMILES string of the molecule is CCOC(=O)c1cccc(-c2ccc(/C=C3\C(C)=C(C#N)c4nc(N)c(C#N)c(C)c43)o2)c1. The summed E-state index contributed by atoms with van der Waals surface area (Å²) in [5.74, 6) is 0.854. The standard InChI is InChI=1S/C26H20N4O3/c1-4-32-26(31)17-7-5-6-16(10-17)22-9-8-18(33-22)11-19-14(2)20(12-27)24-23(19)15(3)21(13-28)25(29)30-24/h5-11H,4H2,1-3H3,(H2,29,30)/b19-11+. The van der Waals surface area contributed by atoms with Gasteiger partial charge in [-0.15, -0.1) is 0 Å². The summed E-state index contributed by atoms with van der Waals surface area (Å²) < 4.78 is 11.1. The van der Waals surface area contributed by atoms with Gasteiger partial charge in [0.05, 0.1) is 29.0 Å². The average molecular weight is 436 g/mol. The number of rotatable bonds is 4. The zero-order chi connectivity index (χ0) is 23.7. The Labute approximate surface area is 191 Å². The molecule has 1 aromatic carbocycles. The summed E-state index contributed by atoms with van der Waals surface area (Å²) in [6.07, 6.45) is 1.82. The Morgan fingerprint density at radius 2 is 2.00 bits per heavy atom. The summed E-state index contributed by atoms with van der Waals surface area (Å²) >= 11 is 0. The Kier molecular flexibility index (Phi) is 5.56. The zero-order valence-electron chi connectivity index (χ0n) is 18.4. The Bertz CT molecular complexity index is 1450. The molecule has 1 aliphatic carbocycles. The highest BCUT2D eigenvalue weighted by molar-refractivity contribution is 6.08. The first kappa shape index (κ1) is 21.6. The van der Waals surface area contributed by atoms with E-state index in [2.05, 4.69) is 17.1 Å². The quantitative estimate of drug-likeness (QED) is 0.562. The van der Waals surface area contributed by atoms with E-state index in [0.717, 1.165) is 16.7 Å². The number of aromatic nitrogens is 1. The maximum Gasteiger partial charge on any atom is 0.338 e. The van der Waals surface area contributed by atoms with E-state index in [4.69, 9.17) is 14.9 Å². The van der Waals surface area contributed by atoms with E-state index < -0.39 is 5.97 Å². The molecule has 3 aromatic rings. The molecule has 0 amide bonds. The minimum Gasteiger partial charge on any atom is -0.462 e. The van der Waals surface area contributed by atoms with Crippen LogP contribution in [0.25, 0.3) is 28.5 Å². The molecule has 0 spiro atoms. The predicted octanol–water partition coefficient (Wildman–Crippen LogP) is 5.13. The first-order valence-corrected chi connectivity index (χ1v) is 10.3. The van der Waals surface area contributed by atoms with E-state index in [9.17, 15) is 15.3 Å². The largest absolute Gasteiger partial charge is 0.462 e. The number of fused-ring (bicyclic) bond motifs is 1. The molecule has 0 radical (unpaired) electrons. The summed E-state index contributed by atoms with van der Waals surface area (Å²) in [6.45, 7) is 5.69. The molecule has 162 valence electrons. The van der Waals surface area contributed by atoms with Gasteiger partial charge in [0.25, 0.3) is 0 Å². The molecular formula is C26H20N4O3. The first-order chi connectivity index (χ1) is 15.9. The summed E-state index contributed by atoms with van der Waals surface area (Å²) in [7, 11) is 0. The van der Waals surface area contributed by atoms with Crippen LogP contribution in [0.3, 0.4) is 0 Å². The Morgan fingerprint density at radius 1 is 1.21 bits per heavy atom. The third kappa shape index (κ3) is 3.66. The van der Waals surface area contributed by atoms with Crippen molar-refractivity contribution in [2.24, 2.45) is 0 Å². The fourth-order valence-electron chi connectivity index (χ4n) is 3.94. The Balaban J connectivity index is 1.78. The molecule has 0 atom stereocenters. The lowest BCUT2D eigenvalue weighted by atomic mass is 9.96. The number of hydrogen-bond donors (Lipinski definition) is 1. The van der Waals surface area contributed by atoms with Gasteiger partial charge in [-0.3, -0.25) is 0 Å². The number of carbonyl (C=O) groups is 1. The van der Waals surface area contributed by atoms with Crippen molar-refractivity contribution in [1.29, 1.82) is 10.5 Å². The number of benzene rings is 1. The van der Waals surface area contributed by atoms with E-state index in [-0.39, 0.29) is 5.82 Å². The number of pyridine rings is 1. The van der Waals surface area contributed by atoms with Gasteiger partial charge >= 0.3 is 5.97 Å². The number of anilines is 1. The summed E-state index contributed by atoms with van der Waals surface area (Å²) in [5, 5.41) is 19.2. The maximum atomic E-state index is 12.1. The fraction of sp³-hybridized carbons (Fsp3) is 0.154. The third-order valence-electron chi connectivity index (χ3n) is 5.56. The summed E-state index contributed by atoms with van der Waals surface area (Å²) in [5.41, 5.74) is 11.2. The zero-order valence-corrected chi connectivity index (χ0v) is 18.4. The molecule has 4 rings (SSSR count). The molecule has 2 aromatic heterocycles. The smallest absolute Gasteiger partial charge is 0.338 e. The minimum absolute atomic E-state index is 0.109. The second-order valence-corrected chi connectivity index (χ2v) is 7.51. The molecule has 2 heterocycles. The lowest BCUT2D eigenvalue weighted by Crippen LogP contribution is -2.04. The number of esters is 1. The van der Waals surface area contributed by atoms with Gasteiger partial charge in [0.1, 0.15) is 29.5 Å². The van der Waals surface area contributed by atoms with Crippen molar-refractivity contribution < 1.29 is 13.9 Å². The van der Waals surface area contributed by atoms with Gasteiger partial charge in [-0.1, -0.05) is 12.1 Å². The number of nitrogen functional groups attached to an aromatic ring is 1. The van der Waals surface area contributed by atoms with Crippen LogP contribution in [0.2, 0.25) is 0 Å². The molecule has 0 bridgehead atoms. The highest BCUT2D eigenvalue weighted by atomic mass is 16.5. The van der Waals surface area contributed by atoms with Gasteiger partial charge in [0.15, 0.2) is 0 Å². The monoisotopic (exact) mass is 436 g/mol. The van der Waals surface area contributed by atoms with E-state index in [1.54, 1.807) is 32.0 Å². The van der Waals surface area contributed by atoms with E-state index in [0.29, 0.717) is 51.6 Å². The third-order valence-corrected chi connectivity index (χ3v) is 5.56. The number of nitrogens with zero attached hydrogens (tertiary/aromatic N) is 3. The van der Waals surface area contributed by atoms with Crippen molar-refractivity contribution in [3.8, 4) is 23.5 Å². The van der Waals surface area contributed by atoms with Gasteiger partial charge in [-0.05, 0) is 67.8 Å². The van der Waals surface area contributed by atoms with Crippen molar-refractivity contribution in [2.75, 3.05) is 12.3 Å². The Hall–Kier alpha value is -4.62. The van der Waals surface area contributed by atoms with Crippen molar-refractivity contribution in [3.05, 3.63) is 75.7 Å². The lowest BCUT2D eigenvalue weighted by Gasteiger charge is -2.10. The summed E-state index contributed by atoms with van der Waals surface area (Å²) in [4.78, 5) is 16.4. The Morgan fingerprint density at radius 3 is 2.70 bits per heavy atom. The van der Waals surface area contributed by atoms with Crippen LogP contribution in [0.1, 0.15) is 52.3 Å². The second-order valence-electron chi connectivity index (χ2n) is 7.51. The van der Waals surface area contributed by atoms with E-state index >= 15 is 0 Å². The molecule has 0 unspecified atom stereocenters. The van der Waals surface area contributed by atoms with Crippen molar-refractivity contribution in [1.82, 2.24) is 4.98 Å². The predicted molar refractivity (Wildman–Crippen MR) is 124 cm³/mol. The number of carbonyl (C=O) groups excluding carboxylic acids is 1. The first-order valence-electron chi connectivity index (χ1n) is 10.3. The second kappa shape index (κ2) is 8.49. The maximum absolute atomic E-state index is 12.1. The molecule has 33 heavy (non-hydrogen) atoms. The normalized spacial score (nSPS) is 13.5. The molecular weight excluding hydrogens is 416 g/mol. The van der Waals surface area contributed by atoms with Crippen molar-refractivity contribution in [2.45, 2.75) is 20.8 Å². The highest BCUT2D eigenvalue weighted by Gasteiger charge is 2.30. The molecule has 0 saturated heterocycles. The van der Waals surface area contributed by atoms with Crippen LogP contribution >= 0.6 is 0 Å².